The number of nitrogens with zero attached hydrogens (tertiary/aromatic N) is 2. The number of hydrogen-bond donors (Lipinski definition) is 7. The first-order valence-corrected chi connectivity index (χ1v) is 16.0. The van der Waals surface area contributed by atoms with Gasteiger partial charge in [-0.3, -0.25) is 10.2 Å². The molecular formula is C35H37F6N7O5. The zero-order valence-corrected chi connectivity index (χ0v) is 28.1. The van der Waals surface area contributed by atoms with Crippen molar-refractivity contribution in [2.75, 3.05) is 11.9 Å². The predicted molar refractivity (Wildman–Crippen MR) is 183 cm³/mol. The van der Waals surface area contributed by atoms with E-state index in [1.807, 2.05) is 61.5 Å². The zero-order chi connectivity index (χ0) is 39.3. The third-order valence-corrected chi connectivity index (χ3v) is 7.84. The number of anilines is 1. The second-order valence-electron chi connectivity index (χ2n) is 11.8. The molecule has 1 amide bonds. The number of amides is 1. The molecule has 1 aliphatic rings. The molecule has 8 N–H and O–H groups in total. The Bertz CT molecular complexity index is 1800. The standard InChI is InChI=1S/C31H35N7O.2C2HF3O2/c1-20-16-17-25-23(18-20)28(36-26-14-8-9-15-27(26)37-31(32)33)38-29(35-25)30(39)34-19-24(21-10-4-2-5-11-21)22-12-6-3-7-13-22;2*3-2(4,5)1(6)7/h2-7,10-13,16-18,24,26-27H,8-9,14-15,19H2,1H3,(H,34,39)(H4,32,33,37)(H,35,36,38);2*(H,6,7). The summed E-state index contributed by atoms with van der Waals surface area (Å²) in [4.78, 5) is 40.6. The Balaban J connectivity index is 0.000000458. The van der Waals surface area contributed by atoms with Crippen LogP contribution in [0.3, 0.4) is 0 Å². The minimum atomic E-state index is -5.08. The van der Waals surface area contributed by atoms with E-state index in [0.717, 1.165) is 47.8 Å². The Hall–Kier alpha value is -5.94. The molecule has 1 saturated carbocycles. The molecule has 1 heterocycles. The lowest BCUT2D eigenvalue weighted by Gasteiger charge is -2.33. The van der Waals surface area contributed by atoms with Crippen molar-refractivity contribution in [2.24, 2.45) is 5.73 Å². The third-order valence-electron chi connectivity index (χ3n) is 7.84. The third kappa shape index (κ3) is 13.0. The highest BCUT2D eigenvalue weighted by molar-refractivity contribution is 5.96. The van der Waals surface area contributed by atoms with Crippen LogP contribution in [0.1, 0.15) is 58.9 Å². The van der Waals surface area contributed by atoms with Crippen LogP contribution in [0.4, 0.5) is 32.2 Å². The van der Waals surface area contributed by atoms with Gasteiger partial charge in [-0.15, -0.1) is 0 Å². The fourth-order valence-electron chi connectivity index (χ4n) is 5.38. The largest absolute Gasteiger partial charge is 0.490 e. The maximum Gasteiger partial charge on any atom is 0.490 e. The molecule has 18 heteroatoms. The number of rotatable bonds is 8. The molecule has 53 heavy (non-hydrogen) atoms. The van der Waals surface area contributed by atoms with Crippen LogP contribution >= 0.6 is 0 Å². The summed E-state index contributed by atoms with van der Waals surface area (Å²) < 4.78 is 63.5. The number of aliphatic carboxylic acids is 2. The van der Waals surface area contributed by atoms with Crippen molar-refractivity contribution in [3.05, 3.63) is 101 Å². The molecule has 2 atom stereocenters. The van der Waals surface area contributed by atoms with E-state index in [-0.39, 0.29) is 35.7 Å². The van der Waals surface area contributed by atoms with Gasteiger partial charge in [0.2, 0.25) is 5.82 Å². The number of fused-ring (bicyclic) bond motifs is 1. The number of aryl methyl sites for hydroxylation is 1. The van der Waals surface area contributed by atoms with Crippen molar-refractivity contribution in [1.29, 1.82) is 5.41 Å². The first kappa shape index (κ1) is 41.5. The fraction of sp³-hybridized carbons (Fsp3) is 0.314. The number of benzene rings is 3. The molecular weight excluding hydrogens is 712 g/mol. The number of aromatic nitrogens is 2. The average Bonchev–Trinajstić information content (AvgIpc) is 3.09. The lowest BCUT2D eigenvalue weighted by atomic mass is 9.90. The van der Waals surface area contributed by atoms with Gasteiger partial charge in [-0.1, -0.05) is 85.1 Å². The average molecular weight is 750 g/mol. The molecule has 1 fully saturated rings. The number of nitrogens with one attached hydrogen (secondary N) is 4. The topological polar surface area (TPSA) is 203 Å². The van der Waals surface area contributed by atoms with E-state index in [1.165, 1.54) is 0 Å². The van der Waals surface area contributed by atoms with Crippen molar-refractivity contribution in [3.63, 3.8) is 0 Å². The van der Waals surface area contributed by atoms with E-state index >= 15 is 0 Å². The number of carboxylic acids is 2. The minimum absolute atomic E-state index is 0.00213. The second kappa shape index (κ2) is 18.5. The monoisotopic (exact) mass is 749 g/mol. The number of hydrogen-bond acceptors (Lipinski definition) is 7. The van der Waals surface area contributed by atoms with E-state index in [0.29, 0.717) is 17.9 Å². The van der Waals surface area contributed by atoms with E-state index in [9.17, 15) is 31.1 Å². The molecule has 3 aromatic carbocycles. The van der Waals surface area contributed by atoms with Gasteiger partial charge in [-0.25, -0.2) is 19.6 Å². The molecule has 0 spiro atoms. The lowest BCUT2D eigenvalue weighted by Crippen LogP contribution is -2.50. The summed E-state index contributed by atoms with van der Waals surface area (Å²) in [5.41, 5.74) is 9.71. The Morgan fingerprint density at radius 2 is 1.32 bits per heavy atom. The zero-order valence-electron chi connectivity index (χ0n) is 28.1. The number of carbonyl (C=O) groups is 3. The smallest absolute Gasteiger partial charge is 0.475 e. The van der Waals surface area contributed by atoms with Crippen LogP contribution < -0.4 is 21.7 Å². The van der Waals surface area contributed by atoms with Crippen molar-refractivity contribution in [3.8, 4) is 0 Å². The molecule has 284 valence electrons. The van der Waals surface area contributed by atoms with E-state index in [2.05, 4.69) is 45.2 Å². The SMILES string of the molecule is Cc1ccc2nc(C(=O)NCC(c3ccccc3)c3ccccc3)nc(NC3CCCCC3NC(=N)N)c2c1.O=C(O)C(F)(F)F.O=C(O)C(F)(F)F. The van der Waals surface area contributed by atoms with Gasteiger partial charge >= 0.3 is 24.3 Å². The summed E-state index contributed by atoms with van der Waals surface area (Å²) >= 11 is 0. The van der Waals surface area contributed by atoms with Crippen molar-refractivity contribution < 1.29 is 50.9 Å². The van der Waals surface area contributed by atoms with Crippen molar-refractivity contribution in [1.82, 2.24) is 20.6 Å². The molecule has 5 rings (SSSR count). The molecule has 0 aliphatic heterocycles. The molecule has 1 aliphatic carbocycles. The van der Waals surface area contributed by atoms with E-state index in [4.69, 9.17) is 35.9 Å². The normalized spacial score (nSPS) is 15.5. The number of halogens is 6. The van der Waals surface area contributed by atoms with Gasteiger partial charge in [0.25, 0.3) is 5.91 Å². The fourth-order valence-corrected chi connectivity index (χ4v) is 5.38. The first-order chi connectivity index (χ1) is 24.9. The lowest BCUT2D eigenvalue weighted by molar-refractivity contribution is -0.193. The molecule has 0 saturated heterocycles. The van der Waals surface area contributed by atoms with Crippen LogP contribution in [-0.4, -0.2) is 75.0 Å². The molecule has 4 aromatic rings. The van der Waals surface area contributed by atoms with Gasteiger partial charge in [0.05, 0.1) is 5.52 Å². The summed E-state index contributed by atoms with van der Waals surface area (Å²) in [5, 5.41) is 32.6. The van der Waals surface area contributed by atoms with E-state index < -0.39 is 24.3 Å². The summed E-state index contributed by atoms with van der Waals surface area (Å²) in [7, 11) is 0. The van der Waals surface area contributed by atoms with Gasteiger partial charge in [0.1, 0.15) is 5.82 Å². The summed E-state index contributed by atoms with van der Waals surface area (Å²) in [6.07, 6.45) is -6.19. The van der Waals surface area contributed by atoms with Crippen LogP contribution in [0, 0.1) is 12.3 Å². The summed E-state index contributed by atoms with van der Waals surface area (Å²) in [6.45, 7) is 2.44. The van der Waals surface area contributed by atoms with Gasteiger partial charge in [0, 0.05) is 29.9 Å². The van der Waals surface area contributed by atoms with Gasteiger partial charge < -0.3 is 31.9 Å². The highest BCUT2D eigenvalue weighted by Crippen LogP contribution is 2.28. The van der Waals surface area contributed by atoms with Gasteiger partial charge in [-0.2, -0.15) is 26.3 Å². The van der Waals surface area contributed by atoms with Crippen LogP contribution in [0.2, 0.25) is 0 Å². The predicted octanol–water partition coefficient (Wildman–Crippen LogP) is 5.97. The van der Waals surface area contributed by atoms with E-state index in [1.54, 1.807) is 0 Å². The van der Waals surface area contributed by atoms with Crippen molar-refractivity contribution >= 4 is 40.5 Å². The van der Waals surface area contributed by atoms with Crippen LogP contribution in [0.15, 0.2) is 78.9 Å². The highest BCUT2D eigenvalue weighted by atomic mass is 19.4. The van der Waals surface area contributed by atoms with Crippen LogP contribution in [0.5, 0.6) is 0 Å². The van der Waals surface area contributed by atoms with Gasteiger partial charge in [0.15, 0.2) is 5.96 Å². The number of carboxylic acid groups (broad SMARTS) is 2. The quantitative estimate of drug-likeness (QED) is 0.0639. The second-order valence-corrected chi connectivity index (χ2v) is 11.8. The number of guanidine groups is 1. The molecule has 0 radical (unpaired) electrons. The highest BCUT2D eigenvalue weighted by Gasteiger charge is 2.39. The Kier molecular flexibility index (Phi) is 14.5. The number of alkyl halides is 6. The van der Waals surface area contributed by atoms with Gasteiger partial charge in [-0.05, 0) is 43.0 Å². The summed E-state index contributed by atoms with van der Waals surface area (Å²) in [6, 6.07) is 26.3. The van der Waals surface area contributed by atoms with Crippen LogP contribution in [0.25, 0.3) is 10.9 Å². The Morgan fingerprint density at radius 1 is 0.830 bits per heavy atom. The number of carbonyl (C=O) groups excluding carboxylic acids is 1. The first-order valence-electron chi connectivity index (χ1n) is 16.0. The number of nitrogens with two attached hydrogens (primary N) is 1. The molecule has 12 nitrogen and oxygen atoms in total. The Labute approximate surface area is 299 Å². The molecule has 0 bridgehead atoms. The minimum Gasteiger partial charge on any atom is -0.475 e. The summed E-state index contributed by atoms with van der Waals surface area (Å²) in [5.74, 6) is -5.12. The maximum atomic E-state index is 13.5. The maximum absolute atomic E-state index is 13.5. The molecule has 1 aromatic heterocycles. The van der Waals surface area contributed by atoms with Crippen LogP contribution in [-0.2, 0) is 9.59 Å². The molecule has 2 unspecified atom stereocenters. The van der Waals surface area contributed by atoms with Crippen molar-refractivity contribution in [2.45, 2.75) is 63.0 Å². The Morgan fingerprint density at radius 3 is 1.79 bits per heavy atom.